The topological polar surface area (TPSA) is 19.4 Å². The molecular weight excluding hydrogens is 318 g/mol. The van der Waals surface area contributed by atoms with E-state index in [9.17, 15) is 0 Å². The van der Waals surface area contributed by atoms with E-state index >= 15 is 0 Å². The summed E-state index contributed by atoms with van der Waals surface area (Å²) in [6.45, 7) is 12.3. The molecule has 0 aliphatic rings. The summed E-state index contributed by atoms with van der Waals surface area (Å²) in [6, 6.07) is 8.57. The molecule has 24 heavy (non-hydrogen) atoms. The Balaban J connectivity index is 2.36. The second-order valence-electron chi connectivity index (χ2n) is 6.87. The Morgan fingerprint density at radius 1 is 1.12 bits per heavy atom. The van der Waals surface area contributed by atoms with Crippen LogP contribution < -0.4 is 4.90 Å². The Bertz CT molecular complexity index is 652. The molecule has 1 aromatic heterocycles. The number of nitrogens with zero attached hydrogens (tertiary/aromatic N) is 3. The van der Waals surface area contributed by atoms with E-state index in [0.29, 0.717) is 12.0 Å². The molecule has 1 atom stereocenters. The van der Waals surface area contributed by atoms with Gasteiger partial charge in [-0.15, -0.1) is 0 Å². The third kappa shape index (κ3) is 4.61. The number of anilines is 1. The summed E-state index contributed by atoms with van der Waals surface area (Å²) in [4.78, 5) is 9.41. The SMILES string of the molecule is CCN(CC)CC(CC(C)C)N(C)c1ccnc2cc(Cl)ccc12. The first-order chi connectivity index (χ1) is 11.5. The third-order valence-corrected chi connectivity index (χ3v) is 4.95. The number of hydrogen-bond donors (Lipinski definition) is 0. The zero-order chi connectivity index (χ0) is 17.7. The summed E-state index contributed by atoms with van der Waals surface area (Å²) in [7, 11) is 2.21. The minimum absolute atomic E-state index is 0.478. The predicted molar refractivity (Wildman–Crippen MR) is 106 cm³/mol. The van der Waals surface area contributed by atoms with E-state index in [1.807, 2.05) is 18.3 Å². The van der Waals surface area contributed by atoms with Crippen LogP contribution in [0.1, 0.15) is 34.1 Å². The molecule has 3 nitrogen and oxygen atoms in total. The fourth-order valence-corrected chi connectivity index (χ4v) is 3.46. The highest BCUT2D eigenvalue weighted by Crippen LogP contribution is 2.29. The van der Waals surface area contributed by atoms with Crippen molar-refractivity contribution in [1.29, 1.82) is 0 Å². The second kappa shape index (κ2) is 8.68. The fourth-order valence-electron chi connectivity index (χ4n) is 3.29. The molecule has 0 amide bonds. The maximum atomic E-state index is 6.13. The van der Waals surface area contributed by atoms with E-state index in [4.69, 9.17) is 11.6 Å². The van der Waals surface area contributed by atoms with Gasteiger partial charge in [0.05, 0.1) is 5.52 Å². The average Bonchev–Trinajstić information content (AvgIpc) is 2.56. The number of benzene rings is 1. The van der Waals surface area contributed by atoms with Crippen molar-refractivity contribution < 1.29 is 0 Å². The average molecular weight is 348 g/mol. The maximum absolute atomic E-state index is 6.13. The lowest BCUT2D eigenvalue weighted by molar-refractivity contribution is 0.266. The summed E-state index contributed by atoms with van der Waals surface area (Å²) in [6.07, 6.45) is 3.05. The van der Waals surface area contributed by atoms with Crippen molar-refractivity contribution in [2.75, 3.05) is 31.6 Å². The Kier molecular flexibility index (Phi) is 6.88. The van der Waals surface area contributed by atoms with Gasteiger partial charge in [0.2, 0.25) is 0 Å². The van der Waals surface area contributed by atoms with E-state index in [1.165, 1.54) is 12.1 Å². The van der Waals surface area contributed by atoms with Gasteiger partial charge >= 0.3 is 0 Å². The number of aromatic nitrogens is 1. The van der Waals surface area contributed by atoms with Gasteiger partial charge in [0.25, 0.3) is 0 Å². The first-order valence-corrected chi connectivity index (χ1v) is 9.33. The molecule has 0 saturated carbocycles. The van der Waals surface area contributed by atoms with Crippen LogP contribution in [-0.4, -0.2) is 42.6 Å². The molecule has 0 bridgehead atoms. The van der Waals surface area contributed by atoms with Crippen molar-refractivity contribution in [1.82, 2.24) is 9.88 Å². The van der Waals surface area contributed by atoms with Gasteiger partial charge in [0.15, 0.2) is 0 Å². The monoisotopic (exact) mass is 347 g/mol. The molecule has 0 N–H and O–H groups in total. The zero-order valence-electron chi connectivity index (χ0n) is 15.6. The van der Waals surface area contributed by atoms with Crippen LogP contribution in [0.3, 0.4) is 0 Å². The van der Waals surface area contributed by atoms with Crippen molar-refractivity contribution in [3.05, 3.63) is 35.5 Å². The molecule has 1 heterocycles. The van der Waals surface area contributed by atoms with E-state index in [-0.39, 0.29) is 0 Å². The molecule has 0 aliphatic carbocycles. The zero-order valence-corrected chi connectivity index (χ0v) is 16.3. The fraction of sp³-hybridized carbons (Fsp3) is 0.550. The molecular formula is C20H30ClN3. The van der Waals surface area contributed by atoms with E-state index < -0.39 is 0 Å². The predicted octanol–water partition coefficient (Wildman–Crippen LogP) is 5.08. The van der Waals surface area contributed by atoms with Crippen LogP contribution in [0.25, 0.3) is 10.9 Å². The van der Waals surface area contributed by atoms with Crippen LogP contribution >= 0.6 is 11.6 Å². The number of rotatable bonds is 8. The lowest BCUT2D eigenvalue weighted by atomic mass is 10.0. The third-order valence-electron chi connectivity index (χ3n) is 4.72. The molecule has 2 aromatic rings. The Morgan fingerprint density at radius 3 is 2.46 bits per heavy atom. The summed E-state index contributed by atoms with van der Waals surface area (Å²) < 4.78 is 0. The summed E-state index contributed by atoms with van der Waals surface area (Å²) in [5.41, 5.74) is 2.19. The maximum Gasteiger partial charge on any atom is 0.0737 e. The summed E-state index contributed by atoms with van der Waals surface area (Å²) >= 11 is 6.13. The minimum Gasteiger partial charge on any atom is -0.370 e. The highest BCUT2D eigenvalue weighted by atomic mass is 35.5. The first kappa shape index (κ1) is 19.0. The van der Waals surface area contributed by atoms with Gasteiger partial charge in [-0.2, -0.15) is 0 Å². The summed E-state index contributed by atoms with van der Waals surface area (Å²) in [5, 5.41) is 1.90. The van der Waals surface area contributed by atoms with Crippen molar-refractivity contribution >= 4 is 28.2 Å². The molecule has 2 rings (SSSR count). The number of fused-ring (bicyclic) bond motifs is 1. The van der Waals surface area contributed by atoms with Gasteiger partial charge in [0.1, 0.15) is 0 Å². The molecule has 4 heteroatoms. The van der Waals surface area contributed by atoms with Crippen LogP contribution in [0.15, 0.2) is 30.5 Å². The molecule has 0 fully saturated rings. The lowest BCUT2D eigenvalue weighted by Gasteiger charge is -2.35. The van der Waals surface area contributed by atoms with Gasteiger partial charge in [-0.1, -0.05) is 39.3 Å². The number of hydrogen-bond acceptors (Lipinski definition) is 3. The van der Waals surface area contributed by atoms with E-state index in [2.05, 4.69) is 61.7 Å². The highest BCUT2D eigenvalue weighted by Gasteiger charge is 2.20. The van der Waals surface area contributed by atoms with Crippen molar-refractivity contribution in [3.63, 3.8) is 0 Å². The standard InChI is InChI=1S/C20H30ClN3/c1-6-24(7-2)14-17(12-15(3)4)23(5)20-10-11-22-19-13-16(21)8-9-18(19)20/h8-11,13,15,17H,6-7,12,14H2,1-5H3. The first-order valence-electron chi connectivity index (χ1n) is 8.95. The minimum atomic E-state index is 0.478. The van der Waals surface area contributed by atoms with Crippen molar-refractivity contribution in [2.24, 2.45) is 5.92 Å². The Labute approximate surface area is 151 Å². The molecule has 1 aromatic carbocycles. The van der Waals surface area contributed by atoms with Gasteiger partial charge in [0, 0.05) is 41.9 Å². The van der Waals surface area contributed by atoms with Gasteiger partial charge in [-0.05, 0) is 49.7 Å². The van der Waals surface area contributed by atoms with Crippen LogP contribution in [0.2, 0.25) is 5.02 Å². The van der Waals surface area contributed by atoms with Gasteiger partial charge in [-0.25, -0.2) is 0 Å². The van der Waals surface area contributed by atoms with Crippen molar-refractivity contribution in [2.45, 2.75) is 40.2 Å². The van der Waals surface area contributed by atoms with E-state index in [1.54, 1.807) is 0 Å². The van der Waals surface area contributed by atoms with Crippen LogP contribution in [0.4, 0.5) is 5.69 Å². The highest BCUT2D eigenvalue weighted by molar-refractivity contribution is 6.31. The summed E-state index contributed by atoms with van der Waals surface area (Å²) in [5.74, 6) is 0.663. The van der Waals surface area contributed by atoms with Crippen LogP contribution in [0.5, 0.6) is 0 Å². The van der Waals surface area contributed by atoms with Gasteiger partial charge in [-0.3, -0.25) is 4.98 Å². The van der Waals surface area contributed by atoms with Crippen LogP contribution in [-0.2, 0) is 0 Å². The molecule has 0 aliphatic heterocycles. The quantitative estimate of drug-likeness (QED) is 0.663. The number of likely N-dealkylation sites (N-methyl/N-ethyl adjacent to an activating group) is 2. The number of halogens is 1. The van der Waals surface area contributed by atoms with Gasteiger partial charge < -0.3 is 9.80 Å². The number of pyridine rings is 1. The lowest BCUT2D eigenvalue weighted by Crippen LogP contribution is -2.43. The largest absolute Gasteiger partial charge is 0.370 e. The van der Waals surface area contributed by atoms with Crippen LogP contribution in [0, 0.1) is 5.92 Å². The molecule has 0 spiro atoms. The molecule has 0 saturated heterocycles. The molecule has 0 radical (unpaired) electrons. The molecule has 132 valence electrons. The smallest absolute Gasteiger partial charge is 0.0737 e. The van der Waals surface area contributed by atoms with E-state index in [0.717, 1.165) is 35.6 Å². The Morgan fingerprint density at radius 2 is 1.83 bits per heavy atom. The molecule has 1 unspecified atom stereocenters. The normalized spacial score (nSPS) is 13.0. The van der Waals surface area contributed by atoms with Crippen molar-refractivity contribution in [3.8, 4) is 0 Å². The Hall–Kier alpha value is -1.32. The second-order valence-corrected chi connectivity index (χ2v) is 7.31.